The average molecular weight is 1030 g/mol. The van der Waals surface area contributed by atoms with Gasteiger partial charge in [-0.2, -0.15) is 0 Å². The zero-order chi connectivity index (χ0) is 51.9. The molecule has 6 atom stereocenters. The number of phosphoric ester groups is 1. The van der Waals surface area contributed by atoms with Crippen LogP contribution in [0.5, 0.6) is 0 Å². The first-order valence-corrected chi connectivity index (χ1v) is 30.5. The Labute approximate surface area is 433 Å². The lowest BCUT2D eigenvalue weighted by Crippen LogP contribution is -2.64. The van der Waals surface area contributed by atoms with Gasteiger partial charge in [0.05, 0.1) is 13.2 Å². The second-order valence-corrected chi connectivity index (χ2v) is 21.5. The molecule has 0 aromatic carbocycles. The number of aliphatic hydroxyl groups excluding tert-OH is 5. The predicted octanol–water partition coefficient (Wildman–Crippen LogP) is 13.9. The van der Waals surface area contributed by atoms with Crippen molar-refractivity contribution in [2.45, 2.75) is 294 Å². The molecule has 1 rings (SSSR count). The van der Waals surface area contributed by atoms with Crippen LogP contribution in [0.15, 0.2) is 48.6 Å². The van der Waals surface area contributed by atoms with Crippen LogP contribution in [-0.2, 0) is 27.9 Å². The van der Waals surface area contributed by atoms with Gasteiger partial charge in [0.15, 0.2) is 0 Å². The highest BCUT2D eigenvalue weighted by Gasteiger charge is 2.51. The van der Waals surface area contributed by atoms with Crippen LogP contribution < -0.4 is 0 Å². The number of phosphoric acid groups is 1. The zero-order valence-corrected chi connectivity index (χ0v) is 45.9. The highest BCUT2D eigenvalue weighted by Crippen LogP contribution is 2.47. The van der Waals surface area contributed by atoms with Crippen LogP contribution in [0.2, 0.25) is 0 Å². The van der Waals surface area contributed by atoms with Crippen LogP contribution in [0.3, 0.4) is 0 Å². The lowest BCUT2D eigenvalue weighted by atomic mass is 9.85. The maximum atomic E-state index is 12.9. The van der Waals surface area contributed by atoms with E-state index in [4.69, 9.17) is 18.5 Å². The highest BCUT2D eigenvalue weighted by atomic mass is 31.2. The molecule has 0 saturated heterocycles. The van der Waals surface area contributed by atoms with Crippen molar-refractivity contribution in [2.24, 2.45) is 0 Å². The van der Waals surface area contributed by atoms with Gasteiger partial charge >= 0.3 is 13.8 Å². The number of esters is 1. The monoisotopic (exact) mass is 1030 g/mol. The zero-order valence-electron chi connectivity index (χ0n) is 45.0. The Morgan fingerprint density at radius 3 is 1.27 bits per heavy atom. The Morgan fingerprint density at radius 2 is 0.831 bits per heavy atom. The number of allylic oxidation sites excluding steroid dienone is 8. The molecule has 0 spiro atoms. The summed E-state index contributed by atoms with van der Waals surface area (Å²) in [5, 5.41) is 50.4. The Hall–Kier alpha value is -1.70. The van der Waals surface area contributed by atoms with Crippen LogP contribution in [0, 0.1) is 0 Å². The third-order valence-corrected chi connectivity index (χ3v) is 14.5. The van der Waals surface area contributed by atoms with E-state index in [1.165, 1.54) is 148 Å². The lowest BCUT2D eigenvalue weighted by molar-refractivity contribution is -0.220. The summed E-state index contributed by atoms with van der Waals surface area (Å²) < 4.78 is 34.4. The summed E-state index contributed by atoms with van der Waals surface area (Å²) in [6.07, 6.45) is 48.9. The number of aliphatic hydroxyl groups is 5. The molecule has 0 radical (unpaired) electrons. The molecule has 1 saturated carbocycles. The van der Waals surface area contributed by atoms with Crippen LogP contribution in [0.25, 0.3) is 0 Å². The van der Waals surface area contributed by atoms with E-state index in [2.05, 4.69) is 62.5 Å². The van der Waals surface area contributed by atoms with E-state index >= 15 is 0 Å². The maximum absolute atomic E-state index is 12.9. The molecule has 71 heavy (non-hydrogen) atoms. The number of unbranched alkanes of at least 4 members (excludes halogenated alkanes) is 30. The number of ether oxygens (including phenoxy) is 2. The summed E-state index contributed by atoms with van der Waals surface area (Å²) in [5.74, 6) is -0.482. The van der Waals surface area contributed by atoms with E-state index in [1.54, 1.807) is 0 Å². The van der Waals surface area contributed by atoms with Gasteiger partial charge in [0, 0.05) is 13.0 Å². The Morgan fingerprint density at radius 1 is 0.465 bits per heavy atom. The number of carbonyl (C=O) groups is 1. The van der Waals surface area contributed by atoms with E-state index in [0.717, 1.165) is 77.0 Å². The minimum atomic E-state index is -5.03. The molecule has 1 aliphatic rings. The molecule has 0 amide bonds. The molecule has 0 aromatic rings. The first-order valence-electron chi connectivity index (χ1n) is 29.0. The normalized spacial score (nSPS) is 21.1. The number of carbonyl (C=O) groups excluding carboxylic acids is 1. The second kappa shape index (κ2) is 48.0. The summed E-state index contributed by atoms with van der Waals surface area (Å²) in [4.78, 5) is 23.3. The largest absolute Gasteiger partial charge is 0.472 e. The molecule has 12 nitrogen and oxygen atoms in total. The number of hydrogen-bond acceptors (Lipinski definition) is 11. The molecule has 1 fully saturated rings. The fourth-order valence-electron chi connectivity index (χ4n) is 8.94. The van der Waals surface area contributed by atoms with E-state index < -0.39 is 63.1 Å². The smallest absolute Gasteiger partial charge is 0.457 e. The molecule has 1 aliphatic carbocycles. The molecule has 13 heteroatoms. The van der Waals surface area contributed by atoms with Gasteiger partial charge in [-0.15, -0.1) is 0 Å². The topological polar surface area (TPSA) is 192 Å². The van der Waals surface area contributed by atoms with Gasteiger partial charge in [-0.3, -0.25) is 13.8 Å². The summed E-state index contributed by atoms with van der Waals surface area (Å²) in [6.45, 7) is 4.19. The van der Waals surface area contributed by atoms with Gasteiger partial charge in [0.2, 0.25) is 0 Å². The van der Waals surface area contributed by atoms with E-state index in [-0.39, 0.29) is 13.0 Å². The minimum absolute atomic E-state index is 0.0777. The molecule has 6 N–H and O–H groups in total. The van der Waals surface area contributed by atoms with Crippen molar-refractivity contribution >= 4 is 13.8 Å². The van der Waals surface area contributed by atoms with Gasteiger partial charge in [-0.05, 0) is 51.4 Å². The molecule has 0 aliphatic heterocycles. The lowest BCUT2D eigenvalue weighted by Gasteiger charge is -2.41. The van der Waals surface area contributed by atoms with Crippen molar-refractivity contribution in [2.75, 3.05) is 19.8 Å². The van der Waals surface area contributed by atoms with Crippen molar-refractivity contribution < 1.29 is 58.3 Å². The summed E-state index contributed by atoms with van der Waals surface area (Å²) in [6, 6.07) is 0. The Kier molecular flexibility index (Phi) is 45.5. The van der Waals surface area contributed by atoms with Crippen LogP contribution in [0.4, 0.5) is 0 Å². The van der Waals surface area contributed by atoms with Gasteiger partial charge in [0.1, 0.15) is 42.7 Å². The molecular formula is C58H107O12P. The first-order chi connectivity index (χ1) is 34.5. The predicted molar refractivity (Wildman–Crippen MR) is 290 cm³/mol. The minimum Gasteiger partial charge on any atom is -0.457 e. The molecule has 6 unspecified atom stereocenters. The average Bonchev–Trinajstić information content (AvgIpc) is 3.36. The van der Waals surface area contributed by atoms with Crippen LogP contribution >= 0.6 is 7.82 Å². The Bertz CT molecular complexity index is 1360. The molecule has 0 bridgehead atoms. The standard InChI is InChI=1S/C58H107O12P/c1-3-5-7-9-11-13-15-17-19-21-23-25-26-28-30-32-34-36-38-40-42-44-46-48-67-49-51(50-68-71(65,66)70-58-56(63)54(61)53(60)55(62)57(58)64)69-52(59)47-45-43-41-39-37-35-33-31-29-27-24-22-20-18-16-14-12-10-8-6-4-2/h6,8,12,14,18,20,24,27,51,53-58,60-64H,3-5,7,9-11,13,15-17,19,21-23,25-26,28-50H2,1-2H3,(H,65,66)/b8-6-,14-12-,20-18-,27-24-. The van der Waals surface area contributed by atoms with Crippen molar-refractivity contribution in [3.63, 3.8) is 0 Å². The fourth-order valence-corrected chi connectivity index (χ4v) is 9.91. The quantitative estimate of drug-likeness (QED) is 0.0146. The fraction of sp³-hybridized carbons (Fsp3) is 0.845. The van der Waals surface area contributed by atoms with Crippen molar-refractivity contribution in [3.05, 3.63) is 48.6 Å². The number of rotatable bonds is 50. The highest BCUT2D eigenvalue weighted by molar-refractivity contribution is 7.47. The number of hydrogen-bond donors (Lipinski definition) is 6. The first kappa shape index (κ1) is 67.3. The molecule has 0 heterocycles. The summed E-state index contributed by atoms with van der Waals surface area (Å²) in [7, 11) is -5.03. The van der Waals surface area contributed by atoms with Crippen molar-refractivity contribution in [1.82, 2.24) is 0 Å². The third-order valence-electron chi connectivity index (χ3n) is 13.5. The van der Waals surface area contributed by atoms with Crippen LogP contribution in [0.1, 0.15) is 251 Å². The SMILES string of the molecule is CC/C=C\C/C=C\C/C=C\C/C=C\CCCCCCCCCCC(=O)OC(COCCCCCCCCCCCCCCCCCCCCCCCCC)COP(=O)(O)OC1C(O)C(O)C(O)C(O)C1O. The van der Waals surface area contributed by atoms with Gasteiger partial charge in [-0.25, -0.2) is 4.57 Å². The molecule has 416 valence electrons. The van der Waals surface area contributed by atoms with Gasteiger partial charge in [0.25, 0.3) is 0 Å². The molecular weight excluding hydrogens is 920 g/mol. The van der Waals surface area contributed by atoms with E-state index in [0.29, 0.717) is 13.0 Å². The maximum Gasteiger partial charge on any atom is 0.472 e. The van der Waals surface area contributed by atoms with Crippen molar-refractivity contribution in [1.29, 1.82) is 0 Å². The van der Waals surface area contributed by atoms with Gasteiger partial charge in [-0.1, -0.05) is 242 Å². The summed E-state index contributed by atoms with van der Waals surface area (Å²) in [5.41, 5.74) is 0. The van der Waals surface area contributed by atoms with Crippen LogP contribution in [-0.4, -0.2) is 98.9 Å². The summed E-state index contributed by atoms with van der Waals surface area (Å²) >= 11 is 0. The Balaban J connectivity index is 2.28. The third kappa shape index (κ3) is 39.4. The van der Waals surface area contributed by atoms with Crippen molar-refractivity contribution in [3.8, 4) is 0 Å². The molecule has 0 aromatic heterocycles. The van der Waals surface area contributed by atoms with Gasteiger partial charge < -0.3 is 39.9 Å². The van der Waals surface area contributed by atoms with E-state index in [1.807, 2.05) is 0 Å². The van der Waals surface area contributed by atoms with E-state index in [9.17, 15) is 39.8 Å². The second-order valence-electron chi connectivity index (χ2n) is 20.1.